The summed E-state index contributed by atoms with van der Waals surface area (Å²) in [6.45, 7) is 3.01. The fourth-order valence-electron chi connectivity index (χ4n) is 1.36. The molecule has 0 saturated heterocycles. The fourth-order valence-corrected chi connectivity index (χ4v) is 1.36. The van der Waals surface area contributed by atoms with Crippen LogP contribution in [0.3, 0.4) is 0 Å². The van der Waals surface area contributed by atoms with Crippen molar-refractivity contribution < 1.29 is 18.3 Å². The Balaban J connectivity index is 2.18. The molecular formula is C13H18F2N2O2. The van der Waals surface area contributed by atoms with Crippen LogP contribution in [0.25, 0.3) is 0 Å². The number of ether oxygens (including phenoxy) is 1. The summed E-state index contributed by atoms with van der Waals surface area (Å²) in [6.07, 6.45) is 1.93. The Labute approximate surface area is 111 Å². The lowest BCUT2D eigenvalue weighted by atomic mass is 10.3. The first-order valence-corrected chi connectivity index (χ1v) is 6.23. The second-order valence-electron chi connectivity index (χ2n) is 3.96. The first kappa shape index (κ1) is 15.2. The first-order valence-electron chi connectivity index (χ1n) is 6.23. The third kappa shape index (κ3) is 6.03. The van der Waals surface area contributed by atoms with Crippen LogP contribution >= 0.6 is 0 Å². The number of urea groups is 1. The number of unbranched alkanes of at least 4 members (excludes halogenated alkanes) is 1. The van der Waals surface area contributed by atoms with Crippen LogP contribution in [0.4, 0.5) is 13.6 Å². The maximum absolute atomic E-state index is 13.2. The van der Waals surface area contributed by atoms with Gasteiger partial charge in [0.05, 0.1) is 6.54 Å². The molecule has 0 atom stereocenters. The number of carbonyl (C=O) groups excluding carboxylic acids is 1. The number of rotatable bonds is 7. The van der Waals surface area contributed by atoms with Crippen LogP contribution in [0.1, 0.15) is 19.8 Å². The summed E-state index contributed by atoms with van der Waals surface area (Å²) in [4.78, 5) is 11.2. The number of halogens is 2. The van der Waals surface area contributed by atoms with Crippen molar-refractivity contribution >= 4 is 6.03 Å². The molecule has 0 spiro atoms. The van der Waals surface area contributed by atoms with E-state index in [0.29, 0.717) is 6.54 Å². The SMILES string of the molecule is CCCCNC(=O)NCCOc1ccc(F)cc1F. The Bertz CT molecular complexity index is 414. The van der Waals surface area contributed by atoms with E-state index >= 15 is 0 Å². The van der Waals surface area contributed by atoms with E-state index in [4.69, 9.17) is 4.74 Å². The molecule has 0 aliphatic rings. The van der Waals surface area contributed by atoms with Gasteiger partial charge >= 0.3 is 6.03 Å². The zero-order valence-corrected chi connectivity index (χ0v) is 10.8. The molecule has 0 aliphatic heterocycles. The van der Waals surface area contributed by atoms with E-state index in [2.05, 4.69) is 10.6 Å². The van der Waals surface area contributed by atoms with Crippen molar-refractivity contribution in [3.63, 3.8) is 0 Å². The number of carbonyl (C=O) groups is 1. The lowest BCUT2D eigenvalue weighted by Crippen LogP contribution is -2.38. The zero-order chi connectivity index (χ0) is 14.1. The summed E-state index contributed by atoms with van der Waals surface area (Å²) in [5.41, 5.74) is 0. The molecule has 1 aromatic carbocycles. The summed E-state index contributed by atoms with van der Waals surface area (Å²) >= 11 is 0. The molecule has 0 aromatic heterocycles. The van der Waals surface area contributed by atoms with Crippen LogP contribution in [0.2, 0.25) is 0 Å². The van der Waals surface area contributed by atoms with Crippen molar-refractivity contribution in [2.75, 3.05) is 19.7 Å². The largest absolute Gasteiger partial charge is 0.489 e. The molecule has 4 nitrogen and oxygen atoms in total. The van der Waals surface area contributed by atoms with Crippen molar-refractivity contribution in [2.24, 2.45) is 0 Å². The van der Waals surface area contributed by atoms with E-state index in [1.54, 1.807) is 0 Å². The van der Waals surface area contributed by atoms with Crippen LogP contribution < -0.4 is 15.4 Å². The van der Waals surface area contributed by atoms with E-state index in [0.717, 1.165) is 25.0 Å². The standard InChI is InChI=1S/C13H18F2N2O2/c1-2-3-6-16-13(18)17-7-8-19-12-5-4-10(14)9-11(12)15/h4-5,9H,2-3,6-8H2,1H3,(H2,16,17,18). The number of hydrogen-bond acceptors (Lipinski definition) is 2. The number of benzene rings is 1. The Morgan fingerprint density at radius 2 is 2.00 bits per heavy atom. The van der Waals surface area contributed by atoms with Crippen LogP contribution in [0, 0.1) is 11.6 Å². The van der Waals surface area contributed by atoms with E-state index in [-0.39, 0.29) is 24.9 Å². The fraction of sp³-hybridized carbons (Fsp3) is 0.462. The molecule has 0 saturated carbocycles. The van der Waals surface area contributed by atoms with Crippen molar-refractivity contribution in [1.29, 1.82) is 0 Å². The average Bonchev–Trinajstić information content (AvgIpc) is 2.37. The Morgan fingerprint density at radius 1 is 1.26 bits per heavy atom. The minimum Gasteiger partial charge on any atom is -0.489 e. The molecule has 0 heterocycles. The molecule has 0 fully saturated rings. The number of hydrogen-bond donors (Lipinski definition) is 2. The smallest absolute Gasteiger partial charge is 0.314 e. The van der Waals surface area contributed by atoms with Gasteiger partial charge in [-0.1, -0.05) is 13.3 Å². The molecule has 0 bridgehead atoms. The molecule has 1 aromatic rings. The van der Waals surface area contributed by atoms with Crippen molar-refractivity contribution in [2.45, 2.75) is 19.8 Å². The van der Waals surface area contributed by atoms with Gasteiger partial charge in [0.2, 0.25) is 0 Å². The van der Waals surface area contributed by atoms with Gasteiger partial charge in [0.25, 0.3) is 0 Å². The predicted octanol–water partition coefficient (Wildman–Crippen LogP) is 2.44. The van der Waals surface area contributed by atoms with E-state index in [9.17, 15) is 13.6 Å². The maximum atomic E-state index is 13.2. The van der Waals surface area contributed by atoms with Crippen molar-refractivity contribution in [3.8, 4) is 5.75 Å². The molecule has 19 heavy (non-hydrogen) atoms. The minimum absolute atomic E-state index is 0.0328. The van der Waals surface area contributed by atoms with E-state index in [1.807, 2.05) is 6.92 Å². The highest BCUT2D eigenvalue weighted by Crippen LogP contribution is 2.17. The highest BCUT2D eigenvalue weighted by Gasteiger charge is 2.04. The van der Waals surface area contributed by atoms with Crippen LogP contribution in [0.15, 0.2) is 18.2 Å². The third-order valence-corrected chi connectivity index (χ3v) is 2.35. The van der Waals surface area contributed by atoms with Gasteiger partial charge in [-0.2, -0.15) is 0 Å². The topological polar surface area (TPSA) is 50.4 Å². The van der Waals surface area contributed by atoms with Gasteiger partial charge in [-0.3, -0.25) is 0 Å². The van der Waals surface area contributed by atoms with Gasteiger partial charge in [-0.15, -0.1) is 0 Å². The lowest BCUT2D eigenvalue weighted by molar-refractivity contribution is 0.235. The third-order valence-electron chi connectivity index (χ3n) is 2.35. The molecule has 2 N–H and O–H groups in total. The second kappa shape index (κ2) is 8.29. The van der Waals surface area contributed by atoms with Crippen LogP contribution in [-0.2, 0) is 0 Å². The molecule has 6 heteroatoms. The Morgan fingerprint density at radius 3 is 2.68 bits per heavy atom. The van der Waals surface area contributed by atoms with Crippen LogP contribution in [-0.4, -0.2) is 25.7 Å². The monoisotopic (exact) mass is 272 g/mol. The summed E-state index contributed by atoms with van der Waals surface area (Å²) in [5, 5.41) is 5.24. The second-order valence-corrected chi connectivity index (χ2v) is 3.96. The van der Waals surface area contributed by atoms with Gasteiger partial charge in [0.15, 0.2) is 11.6 Å². The van der Waals surface area contributed by atoms with Crippen molar-refractivity contribution in [1.82, 2.24) is 10.6 Å². The molecule has 0 aliphatic carbocycles. The maximum Gasteiger partial charge on any atom is 0.314 e. The normalized spacial score (nSPS) is 10.1. The minimum atomic E-state index is -0.757. The summed E-state index contributed by atoms with van der Waals surface area (Å²) in [5.74, 6) is -1.44. The first-order chi connectivity index (χ1) is 9.13. The molecule has 106 valence electrons. The van der Waals surface area contributed by atoms with Crippen molar-refractivity contribution in [3.05, 3.63) is 29.8 Å². The average molecular weight is 272 g/mol. The summed E-state index contributed by atoms with van der Waals surface area (Å²) in [6, 6.07) is 2.80. The summed E-state index contributed by atoms with van der Waals surface area (Å²) in [7, 11) is 0. The van der Waals surface area contributed by atoms with Gasteiger partial charge in [-0.05, 0) is 18.6 Å². The van der Waals surface area contributed by atoms with Gasteiger partial charge in [0.1, 0.15) is 12.4 Å². The van der Waals surface area contributed by atoms with Gasteiger partial charge in [0, 0.05) is 12.6 Å². The quantitative estimate of drug-likeness (QED) is 0.749. The summed E-state index contributed by atoms with van der Waals surface area (Å²) < 4.78 is 30.9. The molecular weight excluding hydrogens is 254 g/mol. The number of amides is 2. The van der Waals surface area contributed by atoms with E-state index in [1.165, 1.54) is 6.07 Å². The highest BCUT2D eigenvalue weighted by atomic mass is 19.1. The van der Waals surface area contributed by atoms with Crippen LogP contribution in [0.5, 0.6) is 5.75 Å². The zero-order valence-electron chi connectivity index (χ0n) is 10.8. The molecule has 0 radical (unpaired) electrons. The Kier molecular flexibility index (Phi) is 6.63. The molecule has 0 unspecified atom stereocenters. The molecule has 2 amide bonds. The molecule has 1 rings (SSSR count). The predicted molar refractivity (Wildman–Crippen MR) is 68.2 cm³/mol. The number of nitrogens with one attached hydrogen (secondary N) is 2. The van der Waals surface area contributed by atoms with Gasteiger partial charge < -0.3 is 15.4 Å². The highest BCUT2D eigenvalue weighted by molar-refractivity contribution is 5.73. The Hall–Kier alpha value is -1.85. The van der Waals surface area contributed by atoms with E-state index < -0.39 is 11.6 Å². The lowest BCUT2D eigenvalue weighted by Gasteiger charge is -2.09. The van der Waals surface area contributed by atoms with Gasteiger partial charge in [-0.25, -0.2) is 13.6 Å².